The quantitative estimate of drug-likeness (QED) is 0.820. The first-order chi connectivity index (χ1) is 10.1. The molecule has 1 aliphatic heterocycles. The maximum Gasteiger partial charge on any atom is 0.449 e. The highest BCUT2D eigenvalue weighted by Crippen LogP contribution is 2.32. The van der Waals surface area contributed by atoms with E-state index in [1.54, 1.807) is 0 Å². The van der Waals surface area contributed by atoms with Crippen molar-refractivity contribution in [3.63, 3.8) is 0 Å². The molecule has 1 aliphatic carbocycles. The van der Waals surface area contributed by atoms with Gasteiger partial charge in [0.25, 0.3) is 0 Å². The molecule has 118 valence electrons. The Balaban J connectivity index is 1.64. The molecule has 0 saturated heterocycles. The van der Waals surface area contributed by atoms with Crippen molar-refractivity contribution in [3.8, 4) is 0 Å². The second-order valence-corrected chi connectivity index (χ2v) is 5.78. The van der Waals surface area contributed by atoms with Gasteiger partial charge in [-0.25, -0.2) is 4.98 Å². The number of nitrogens with one attached hydrogen (secondary N) is 1. The van der Waals surface area contributed by atoms with Crippen LogP contribution < -0.4 is 5.32 Å². The number of halogens is 3. The van der Waals surface area contributed by atoms with Crippen LogP contribution in [-0.2, 0) is 30.4 Å². The van der Waals surface area contributed by atoms with E-state index in [4.69, 9.17) is 4.74 Å². The standard InChI is InChI=1S/C14H20F3N3O/c15-14(16,17)13-19-11-8-18-5-4-12(11)20(13)6-1-7-21-9-10-2-3-10/h10,18H,1-9H2. The second kappa shape index (κ2) is 5.96. The van der Waals surface area contributed by atoms with Crippen LogP contribution in [0.4, 0.5) is 13.2 Å². The first-order valence-electron chi connectivity index (χ1n) is 7.49. The number of imidazole rings is 1. The Labute approximate surface area is 121 Å². The molecule has 2 aliphatic rings. The van der Waals surface area contributed by atoms with Crippen molar-refractivity contribution in [2.24, 2.45) is 5.92 Å². The van der Waals surface area contributed by atoms with Crippen LogP contribution in [0.25, 0.3) is 0 Å². The molecule has 0 bridgehead atoms. The molecular weight excluding hydrogens is 283 g/mol. The highest BCUT2D eigenvalue weighted by Gasteiger charge is 2.39. The van der Waals surface area contributed by atoms with Gasteiger partial charge in [0.05, 0.1) is 5.69 Å². The zero-order valence-corrected chi connectivity index (χ0v) is 11.9. The first kappa shape index (κ1) is 14.8. The Hall–Kier alpha value is -1.08. The molecule has 1 N–H and O–H groups in total. The molecule has 1 aromatic heterocycles. The Bertz CT molecular complexity index is 494. The van der Waals surface area contributed by atoms with Gasteiger partial charge in [0.15, 0.2) is 0 Å². The third kappa shape index (κ3) is 3.58. The molecule has 0 unspecified atom stereocenters. The van der Waals surface area contributed by atoms with Gasteiger partial charge in [0.2, 0.25) is 5.82 Å². The van der Waals surface area contributed by atoms with Crippen molar-refractivity contribution in [2.45, 2.75) is 44.9 Å². The molecule has 4 nitrogen and oxygen atoms in total. The largest absolute Gasteiger partial charge is 0.449 e. The van der Waals surface area contributed by atoms with E-state index < -0.39 is 12.0 Å². The fourth-order valence-electron chi connectivity index (χ4n) is 2.69. The van der Waals surface area contributed by atoms with Crippen LogP contribution in [0.15, 0.2) is 0 Å². The molecular formula is C14H20F3N3O. The molecule has 1 fully saturated rings. The van der Waals surface area contributed by atoms with Crippen molar-refractivity contribution in [1.82, 2.24) is 14.9 Å². The van der Waals surface area contributed by atoms with Gasteiger partial charge in [-0.2, -0.15) is 13.2 Å². The average molecular weight is 303 g/mol. The molecule has 21 heavy (non-hydrogen) atoms. The average Bonchev–Trinajstić information content (AvgIpc) is 3.17. The summed E-state index contributed by atoms with van der Waals surface area (Å²) in [6.07, 6.45) is -0.764. The summed E-state index contributed by atoms with van der Waals surface area (Å²) in [5.74, 6) is -0.0822. The van der Waals surface area contributed by atoms with Crippen LogP contribution in [0.5, 0.6) is 0 Å². The first-order valence-corrected chi connectivity index (χ1v) is 7.49. The van der Waals surface area contributed by atoms with Gasteiger partial charge in [0.1, 0.15) is 0 Å². The predicted octanol–water partition coefficient (Wildman–Crippen LogP) is 2.36. The number of ether oxygens (including phenoxy) is 1. The third-order valence-electron chi connectivity index (χ3n) is 3.96. The lowest BCUT2D eigenvalue weighted by atomic mass is 10.2. The monoisotopic (exact) mass is 303 g/mol. The number of alkyl halides is 3. The van der Waals surface area contributed by atoms with E-state index in [2.05, 4.69) is 10.3 Å². The van der Waals surface area contributed by atoms with E-state index in [-0.39, 0.29) is 0 Å². The fraction of sp³-hybridized carbons (Fsp3) is 0.786. The molecule has 0 spiro atoms. The Kier molecular flexibility index (Phi) is 4.21. The van der Waals surface area contributed by atoms with Crippen LogP contribution in [0.1, 0.15) is 36.5 Å². The molecule has 1 aromatic rings. The minimum Gasteiger partial charge on any atom is -0.381 e. The maximum atomic E-state index is 13.1. The molecule has 3 rings (SSSR count). The lowest BCUT2D eigenvalue weighted by Crippen LogP contribution is -2.25. The summed E-state index contributed by atoms with van der Waals surface area (Å²) in [6, 6.07) is 0. The Morgan fingerprint density at radius 1 is 1.33 bits per heavy atom. The fourth-order valence-corrected chi connectivity index (χ4v) is 2.69. The Morgan fingerprint density at radius 2 is 2.14 bits per heavy atom. The molecule has 0 atom stereocenters. The summed E-state index contributed by atoms with van der Waals surface area (Å²) in [5.41, 5.74) is 1.26. The summed E-state index contributed by atoms with van der Waals surface area (Å²) in [6.45, 7) is 2.71. The van der Waals surface area contributed by atoms with Gasteiger partial charge in [-0.3, -0.25) is 0 Å². The zero-order chi connectivity index (χ0) is 14.9. The summed E-state index contributed by atoms with van der Waals surface area (Å²) in [7, 11) is 0. The normalized spacial score (nSPS) is 18.8. The molecule has 7 heteroatoms. The van der Waals surface area contributed by atoms with Crippen molar-refractivity contribution >= 4 is 0 Å². The minimum absolute atomic E-state index is 0.321. The highest BCUT2D eigenvalue weighted by molar-refractivity contribution is 5.21. The van der Waals surface area contributed by atoms with Crippen molar-refractivity contribution < 1.29 is 17.9 Å². The highest BCUT2D eigenvalue weighted by atomic mass is 19.4. The summed E-state index contributed by atoms with van der Waals surface area (Å²) >= 11 is 0. The molecule has 0 radical (unpaired) electrons. The summed E-state index contributed by atoms with van der Waals surface area (Å²) < 4.78 is 46.1. The van der Waals surface area contributed by atoms with Gasteiger partial charge in [-0.05, 0) is 25.2 Å². The van der Waals surface area contributed by atoms with Crippen LogP contribution in [0.2, 0.25) is 0 Å². The maximum absolute atomic E-state index is 13.1. The number of nitrogens with zero attached hydrogens (tertiary/aromatic N) is 2. The predicted molar refractivity (Wildman–Crippen MR) is 70.8 cm³/mol. The summed E-state index contributed by atoms with van der Waals surface area (Å²) in [5, 5.41) is 3.06. The molecule has 0 aromatic carbocycles. The number of fused-ring (bicyclic) bond motifs is 1. The molecule has 1 saturated carbocycles. The van der Waals surface area contributed by atoms with Crippen molar-refractivity contribution in [1.29, 1.82) is 0 Å². The topological polar surface area (TPSA) is 39.1 Å². The van der Waals surface area contributed by atoms with E-state index in [0.717, 1.165) is 12.3 Å². The summed E-state index contributed by atoms with van der Waals surface area (Å²) in [4.78, 5) is 3.79. The second-order valence-electron chi connectivity index (χ2n) is 5.78. The van der Waals surface area contributed by atoms with Crippen molar-refractivity contribution in [2.75, 3.05) is 19.8 Å². The van der Waals surface area contributed by atoms with Gasteiger partial charge in [-0.1, -0.05) is 0 Å². The van der Waals surface area contributed by atoms with Gasteiger partial charge < -0.3 is 14.6 Å². The van der Waals surface area contributed by atoms with Crippen molar-refractivity contribution in [3.05, 3.63) is 17.2 Å². The van der Waals surface area contributed by atoms with Crippen LogP contribution >= 0.6 is 0 Å². The molecule has 2 heterocycles. The lowest BCUT2D eigenvalue weighted by molar-refractivity contribution is -0.147. The van der Waals surface area contributed by atoms with Gasteiger partial charge in [0, 0.05) is 45.0 Å². The van der Waals surface area contributed by atoms with Crippen LogP contribution in [0, 0.1) is 5.92 Å². The third-order valence-corrected chi connectivity index (χ3v) is 3.96. The van der Waals surface area contributed by atoms with Crippen LogP contribution in [0.3, 0.4) is 0 Å². The van der Waals surface area contributed by atoms with Gasteiger partial charge in [-0.15, -0.1) is 0 Å². The number of aromatic nitrogens is 2. The van der Waals surface area contributed by atoms with E-state index in [0.29, 0.717) is 50.7 Å². The lowest BCUT2D eigenvalue weighted by Gasteiger charge is -2.17. The zero-order valence-electron chi connectivity index (χ0n) is 11.9. The molecule has 0 amide bonds. The number of rotatable bonds is 6. The van der Waals surface area contributed by atoms with Crippen LogP contribution in [-0.4, -0.2) is 29.3 Å². The number of hydrogen-bond acceptors (Lipinski definition) is 3. The Morgan fingerprint density at radius 3 is 2.86 bits per heavy atom. The SMILES string of the molecule is FC(F)(F)c1nc2c(n1CCCOCC1CC1)CCNC2. The smallest absolute Gasteiger partial charge is 0.381 e. The minimum atomic E-state index is -4.40. The van der Waals surface area contributed by atoms with E-state index in [1.165, 1.54) is 17.4 Å². The number of hydrogen-bond donors (Lipinski definition) is 1. The van der Waals surface area contributed by atoms with Gasteiger partial charge >= 0.3 is 6.18 Å². The van der Waals surface area contributed by atoms with E-state index in [9.17, 15) is 13.2 Å². The van der Waals surface area contributed by atoms with E-state index >= 15 is 0 Å². The van der Waals surface area contributed by atoms with E-state index in [1.807, 2.05) is 0 Å².